The van der Waals surface area contributed by atoms with Gasteiger partial charge in [0.2, 0.25) is 0 Å². The zero-order valence-electron chi connectivity index (χ0n) is 12.7. The average Bonchev–Trinajstić information content (AvgIpc) is 2.69. The highest BCUT2D eigenvalue weighted by molar-refractivity contribution is 4.99. The van der Waals surface area contributed by atoms with Crippen molar-refractivity contribution in [2.75, 3.05) is 6.54 Å². The molecule has 1 aromatic heterocycles. The number of aryl methyl sites for hydroxylation is 1. The van der Waals surface area contributed by atoms with Gasteiger partial charge in [-0.25, -0.2) is 0 Å². The first kappa shape index (κ1) is 15.2. The fourth-order valence-electron chi connectivity index (χ4n) is 2.13. The van der Waals surface area contributed by atoms with E-state index in [0.29, 0.717) is 0 Å². The highest BCUT2D eigenvalue weighted by Crippen LogP contribution is 2.30. The summed E-state index contributed by atoms with van der Waals surface area (Å²) < 4.78 is 1.78. The summed E-state index contributed by atoms with van der Waals surface area (Å²) in [5.41, 5.74) is 1.54. The van der Waals surface area contributed by atoms with Crippen molar-refractivity contribution in [2.24, 2.45) is 12.5 Å². The van der Waals surface area contributed by atoms with E-state index in [-0.39, 0.29) is 11.0 Å². The van der Waals surface area contributed by atoms with Gasteiger partial charge in [-0.15, -0.1) is 5.10 Å². The van der Waals surface area contributed by atoms with E-state index in [1.165, 1.54) is 0 Å². The van der Waals surface area contributed by atoms with Crippen LogP contribution in [0.15, 0.2) is 6.20 Å². The van der Waals surface area contributed by atoms with Crippen molar-refractivity contribution < 1.29 is 0 Å². The molecule has 0 radical (unpaired) electrons. The quantitative estimate of drug-likeness (QED) is 0.846. The van der Waals surface area contributed by atoms with Gasteiger partial charge in [0.15, 0.2) is 0 Å². The molecule has 4 heteroatoms. The third-order valence-corrected chi connectivity index (χ3v) is 3.70. The van der Waals surface area contributed by atoms with E-state index in [9.17, 15) is 0 Å². The Hall–Kier alpha value is -0.900. The Balaban J connectivity index is 2.73. The van der Waals surface area contributed by atoms with Gasteiger partial charge in [-0.3, -0.25) is 4.68 Å². The van der Waals surface area contributed by atoms with Crippen LogP contribution in [-0.2, 0) is 13.5 Å². The summed E-state index contributed by atoms with van der Waals surface area (Å²) in [6.07, 6.45) is 5.33. The normalized spacial score (nSPS) is 13.0. The largest absolute Gasteiger partial charge is 0.312 e. The van der Waals surface area contributed by atoms with E-state index in [0.717, 1.165) is 31.5 Å². The SMILES string of the molecule is CCC(CC)(CNC(C)(C)C)Cc1cn(C)nn1. The summed E-state index contributed by atoms with van der Waals surface area (Å²) in [6, 6.07) is 0. The van der Waals surface area contributed by atoms with Crippen molar-refractivity contribution in [1.29, 1.82) is 0 Å². The van der Waals surface area contributed by atoms with Gasteiger partial charge in [-0.1, -0.05) is 19.1 Å². The van der Waals surface area contributed by atoms with Crippen LogP contribution in [-0.4, -0.2) is 27.1 Å². The Bertz CT molecular complexity index is 358. The second-order valence-corrected chi connectivity index (χ2v) is 6.37. The number of nitrogens with zero attached hydrogens (tertiary/aromatic N) is 3. The molecule has 4 nitrogen and oxygen atoms in total. The van der Waals surface area contributed by atoms with Crippen LogP contribution < -0.4 is 5.32 Å². The van der Waals surface area contributed by atoms with Gasteiger partial charge >= 0.3 is 0 Å². The maximum absolute atomic E-state index is 4.23. The smallest absolute Gasteiger partial charge is 0.0833 e. The number of rotatable bonds is 6. The molecule has 0 amide bonds. The van der Waals surface area contributed by atoms with Gasteiger partial charge in [-0.05, 0) is 45.4 Å². The van der Waals surface area contributed by atoms with Crippen molar-refractivity contribution in [2.45, 2.75) is 59.4 Å². The van der Waals surface area contributed by atoms with E-state index in [1.807, 2.05) is 13.2 Å². The second-order valence-electron chi connectivity index (χ2n) is 6.37. The van der Waals surface area contributed by atoms with Gasteiger partial charge in [0.05, 0.1) is 5.69 Å². The van der Waals surface area contributed by atoms with Crippen LogP contribution >= 0.6 is 0 Å². The lowest BCUT2D eigenvalue weighted by atomic mass is 9.77. The molecule has 0 unspecified atom stereocenters. The van der Waals surface area contributed by atoms with Crippen LogP contribution in [0.5, 0.6) is 0 Å². The molecule has 1 aromatic rings. The van der Waals surface area contributed by atoms with Gasteiger partial charge < -0.3 is 5.32 Å². The molecular formula is C14H28N4. The fraction of sp³-hybridized carbons (Fsp3) is 0.857. The molecule has 1 N–H and O–H groups in total. The first-order valence-electron chi connectivity index (χ1n) is 6.90. The van der Waals surface area contributed by atoms with E-state index in [4.69, 9.17) is 0 Å². The molecule has 0 saturated heterocycles. The zero-order chi connectivity index (χ0) is 13.8. The third kappa shape index (κ3) is 4.41. The number of aromatic nitrogens is 3. The maximum Gasteiger partial charge on any atom is 0.0833 e. The molecule has 18 heavy (non-hydrogen) atoms. The van der Waals surface area contributed by atoms with Crippen LogP contribution in [0.3, 0.4) is 0 Å². The standard InChI is InChI=1S/C14H28N4/c1-7-14(8-2,11-15-13(3,4)5)9-12-10-18(6)17-16-12/h10,15H,7-9,11H2,1-6H3. The Morgan fingerprint density at radius 3 is 2.22 bits per heavy atom. The number of nitrogens with one attached hydrogen (secondary N) is 1. The average molecular weight is 252 g/mol. The summed E-state index contributed by atoms with van der Waals surface area (Å²) in [5, 5.41) is 11.9. The van der Waals surface area contributed by atoms with Crippen molar-refractivity contribution in [3.63, 3.8) is 0 Å². The fourth-order valence-corrected chi connectivity index (χ4v) is 2.13. The number of hydrogen-bond donors (Lipinski definition) is 1. The summed E-state index contributed by atoms with van der Waals surface area (Å²) in [7, 11) is 1.92. The Labute approximate surface area is 111 Å². The van der Waals surface area contributed by atoms with E-state index >= 15 is 0 Å². The van der Waals surface area contributed by atoms with Gasteiger partial charge in [0.1, 0.15) is 0 Å². The van der Waals surface area contributed by atoms with E-state index in [2.05, 4.69) is 50.2 Å². The van der Waals surface area contributed by atoms with Crippen molar-refractivity contribution in [1.82, 2.24) is 20.3 Å². The minimum Gasteiger partial charge on any atom is -0.312 e. The Morgan fingerprint density at radius 2 is 1.83 bits per heavy atom. The van der Waals surface area contributed by atoms with Gasteiger partial charge in [0, 0.05) is 25.3 Å². The predicted octanol–water partition coefficient (Wildman–Crippen LogP) is 2.55. The molecule has 0 aliphatic carbocycles. The molecule has 0 aliphatic heterocycles. The van der Waals surface area contributed by atoms with Crippen LogP contribution in [0, 0.1) is 5.41 Å². The summed E-state index contributed by atoms with van der Waals surface area (Å²) in [4.78, 5) is 0. The predicted molar refractivity (Wildman–Crippen MR) is 75.5 cm³/mol. The first-order chi connectivity index (χ1) is 8.30. The summed E-state index contributed by atoms with van der Waals surface area (Å²) >= 11 is 0. The second kappa shape index (κ2) is 5.83. The van der Waals surface area contributed by atoms with Crippen LogP contribution in [0.2, 0.25) is 0 Å². The summed E-state index contributed by atoms with van der Waals surface area (Å²) in [5.74, 6) is 0. The van der Waals surface area contributed by atoms with E-state index < -0.39 is 0 Å². The topological polar surface area (TPSA) is 42.7 Å². The molecule has 1 heterocycles. The molecule has 0 bridgehead atoms. The molecule has 0 atom stereocenters. The highest BCUT2D eigenvalue weighted by Gasteiger charge is 2.29. The minimum atomic E-state index is 0.165. The Morgan fingerprint density at radius 1 is 1.22 bits per heavy atom. The van der Waals surface area contributed by atoms with Crippen LogP contribution in [0.25, 0.3) is 0 Å². The lowest BCUT2D eigenvalue weighted by Crippen LogP contribution is -2.44. The lowest BCUT2D eigenvalue weighted by Gasteiger charge is -2.35. The maximum atomic E-state index is 4.23. The highest BCUT2D eigenvalue weighted by atomic mass is 15.4. The van der Waals surface area contributed by atoms with Crippen molar-refractivity contribution in [3.8, 4) is 0 Å². The van der Waals surface area contributed by atoms with E-state index in [1.54, 1.807) is 4.68 Å². The molecule has 0 aromatic carbocycles. The molecular weight excluding hydrogens is 224 g/mol. The Kier molecular flexibility index (Phi) is 4.91. The monoisotopic (exact) mass is 252 g/mol. The zero-order valence-corrected chi connectivity index (χ0v) is 12.7. The number of hydrogen-bond acceptors (Lipinski definition) is 3. The van der Waals surface area contributed by atoms with Crippen LogP contribution in [0.1, 0.15) is 53.2 Å². The molecule has 0 saturated carbocycles. The molecule has 104 valence electrons. The van der Waals surface area contributed by atoms with Crippen LogP contribution in [0.4, 0.5) is 0 Å². The lowest BCUT2D eigenvalue weighted by molar-refractivity contribution is 0.218. The van der Waals surface area contributed by atoms with Gasteiger partial charge in [0.25, 0.3) is 0 Å². The summed E-state index contributed by atoms with van der Waals surface area (Å²) in [6.45, 7) is 12.2. The minimum absolute atomic E-state index is 0.165. The third-order valence-electron chi connectivity index (χ3n) is 3.70. The van der Waals surface area contributed by atoms with Gasteiger partial charge in [-0.2, -0.15) is 0 Å². The molecule has 0 spiro atoms. The molecule has 1 rings (SSSR count). The van der Waals surface area contributed by atoms with Crippen molar-refractivity contribution >= 4 is 0 Å². The molecule has 0 aliphatic rings. The first-order valence-corrected chi connectivity index (χ1v) is 6.90. The molecule has 0 fully saturated rings. The van der Waals surface area contributed by atoms with Crippen molar-refractivity contribution in [3.05, 3.63) is 11.9 Å².